The predicted molar refractivity (Wildman–Crippen MR) is 42.3 cm³/mol. The van der Waals surface area contributed by atoms with E-state index in [9.17, 15) is 0 Å². The molecule has 0 spiro atoms. The van der Waals surface area contributed by atoms with Gasteiger partial charge in [0, 0.05) is 6.54 Å². The zero-order chi connectivity index (χ0) is 7.28. The van der Waals surface area contributed by atoms with Crippen LogP contribution in [-0.2, 0) is 0 Å². The normalized spacial score (nSPS) is 12.8. The van der Waals surface area contributed by atoms with Crippen LogP contribution in [0.3, 0.4) is 0 Å². The molecule has 0 aliphatic rings. The van der Waals surface area contributed by atoms with Crippen molar-refractivity contribution in [1.29, 1.82) is 0 Å². The highest BCUT2D eigenvalue weighted by molar-refractivity contribution is 5.03. The summed E-state index contributed by atoms with van der Waals surface area (Å²) in [5.41, 5.74) is 6.83. The highest BCUT2D eigenvalue weighted by atomic mass is 14.5. The van der Waals surface area contributed by atoms with Gasteiger partial charge in [0.1, 0.15) is 0 Å². The molecule has 0 aliphatic heterocycles. The van der Waals surface area contributed by atoms with Gasteiger partial charge in [-0.2, -0.15) is 0 Å². The van der Waals surface area contributed by atoms with Crippen molar-refractivity contribution in [3.05, 3.63) is 11.6 Å². The second kappa shape index (κ2) is 4.57. The average molecular weight is 127 g/mol. The molecule has 54 valence electrons. The standard InChI is InChI=1S/C8H17N/c1-4-8(6-9)5-7(2)3/h5,7H,4,6,9H2,1-3H3/b8-5-. The van der Waals surface area contributed by atoms with Crippen molar-refractivity contribution in [3.63, 3.8) is 0 Å². The molecule has 0 rings (SSSR count). The zero-order valence-electron chi connectivity index (χ0n) is 6.65. The summed E-state index contributed by atoms with van der Waals surface area (Å²) in [7, 11) is 0. The average Bonchev–Trinajstić information content (AvgIpc) is 1.82. The van der Waals surface area contributed by atoms with Gasteiger partial charge < -0.3 is 5.73 Å². The Morgan fingerprint density at radius 2 is 2.11 bits per heavy atom. The van der Waals surface area contributed by atoms with E-state index in [0.717, 1.165) is 6.42 Å². The van der Waals surface area contributed by atoms with Gasteiger partial charge in [0.25, 0.3) is 0 Å². The van der Waals surface area contributed by atoms with Crippen molar-refractivity contribution >= 4 is 0 Å². The van der Waals surface area contributed by atoms with Crippen LogP contribution in [0.2, 0.25) is 0 Å². The molecule has 0 aliphatic carbocycles. The van der Waals surface area contributed by atoms with Gasteiger partial charge in [-0.3, -0.25) is 0 Å². The third-order valence-electron chi connectivity index (χ3n) is 1.29. The Bertz CT molecular complexity index is 86.7. The fourth-order valence-electron chi connectivity index (χ4n) is 0.802. The Morgan fingerprint density at radius 3 is 2.22 bits per heavy atom. The lowest BCUT2D eigenvalue weighted by Crippen LogP contribution is -2.03. The molecular weight excluding hydrogens is 110 g/mol. The summed E-state index contributed by atoms with van der Waals surface area (Å²) in [4.78, 5) is 0. The topological polar surface area (TPSA) is 26.0 Å². The van der Waals surface area contributed by atoms with Crippen molar-refractivity contribution in [2.24, 2.45) is 11.7 Å². The maximum absolute atomic E-state index is 5.46. The van der Waals surface area contributed by atoms with Gasteiger partial charge >= 0.3 is 0 Å². The molecule has 1 heteroatoms. The van der Waals surface area contributed by atoms with Gasteiger partial charge in [-0.05, 0) is 12.3 Å². The van der Waals surface area contributed by atoms with Crippen molar-refractivity contribution in [3.8, 4) is 0 Å². The van der Waals surface area contributed by atoms with Crippen LogP contribution in [-0.4, -0.2) is 6.54 Å². The number of nitrogens with two attached hydrogens (primary N) is 1. The molecule has 2 N–H and O–H groups in total. The molecule has 0 unspecified atom stereocenters. The number of hydrogen-bond donors (Lipinski definition) is 1. The van der Waals surface area contributed by atoms with E-state index in [1.165, 1.54) is 5.57 Å². The van der Waals surface area contributed by atoms with Crippen molar-refractivity contribution < 1.29 is 0 Å². The Morgan fingerprint density at radius 1 is 1.56 bits per heavy atom. The summed E-state index contributed by atoms with van der Waals surface area (Å²) in [6.45, 7) is 7.20. The largest absolute Gasteiger partial charge is 0.327 e. The molecule has 0 aromatic rings. The van der Waals surface area contributed by atoms with Gasteiger partial charge in [-0.1, -0.05) is 32.4 Å². The minimum atomic E-state index is 0.642. The molecule has 0 fully saturated rings. The van der Waals surface area contributed by atoms with Crippen LogP contribution in [0, 0.1) is 5.92 Å². The SMILES string of the molecule is CC/C(=C/C(C)C)CN. The van der Waals surface area contributed by atoms with E-state index in [1.54, 1.807) is 0 Å². The van der Waals surface area contributed by atoms with Gasteiger partial charge in [0.05, 0.1) is 0 Å². The van der Waals surface area contributed by atoms with Crippen LogP contribution < -0.4 is 5.73 Å². The summed E-state index contributed by atoms with van der Waals surface area (Å²) in [5, 5.41) is 0. The first-order chi connectivity index (χ1) is 4.20. The highest BCUT2D eigenvalue weighted by Crippen LogP contribution is 2.03. The monoisotopic (exact) mass is 127 g/mol. The van der Waals surface area contributed by atoms with E-state index >= 15 is 0 Å². The summed E-state index contributed by atoms with van der Waals surface area (Å²) in [6.07, 6.45) is 3.33. The minimum absolute atomic E-state index is 0.642. The molecule has 0 atom stereocenters. The molecule has 0 amide bonds. The second-order valence-corrected chi connectivity index (χ2v) is 2.63. The van der Waals surface area contributed by atoms with Gasteiger partial charge in [0.2, 0.25) is 0 Å². The Hall–Kier alpha value is -0.300. The van der Waals surface area contributed by atoms with Gasteiger partial charge in [-0.25, -0.2) is 0 Å². The van der Waals surface area contributed by atoms with Crippen LogP contribution in [0.15, 0.2) is 11.6 Å². The fraction of sp³-hybridized carbons (Fsp3) is 0.750. The molecule has 9 heavy (non-hydrogen) atoms. The molecule has 1 nitrogen and oxygen atoms in total. The van der Waals surface area contributed by atoms with Gasteiger partial charge in [-0.15, -0.1) is 0 Å². The summed E-state index contributed by atoms with van der Waals surface area (Å²) >= 11 is 0. The number of allylic oxidation sites excluding steroid dienone is 1. The molecule has 0 saturated heterocycles. The predicted octanol–water partition coefficient (Wildman–Crippen LogP) is 1.94. The molecule has 0 aromatic heterocycles. The van der Waals surface area contributed by atoms with E-state index in [0.29, 0.717) is 12.5 Å². The number of rotatable bonds is 3. The summed E-state index contributed by atoms with van der Waals surface area (Å²) in [5.74, 6) is 0.642. The quantitative estimate of drug-likeness (QED) is 0.576. The smallest absolute Gasteiger partial charge is 0.0136 e. The molecule has 0 radical (unpaired) electrons. The molecular formula is C8H17N. The fourth-order valence-corrected chi connectivity index (χ4v) is 0.802. The lowest BCUT2D eigenvalue weighted by atomic mass is 10.1. The zero-order valence-corrected chi connectivity index (χ0v) is 6.65. The molecule has 0 saturated carbocycles. The third kappa shape index (κ3) is 4.22. The Labute approximate surface area is 57.9 Å². The van der Waals surface area contributed by atoms with Gasteiger partial charge in [0.15, 0.2) is 0 Å². The molecule has 0 bridgehead atoms. The minimum Gasteiger partial charge on any atom is -0.327 e. The molecule has 0 heterocycles. The summed E-state index contributed by atoms with van der Waals surface area (Å²) in [6, 6.07) is 0. The van der Waals surface area contributed by atoms with Crippen LogP contribution in [0.1, 0.15) is 27.2 Å². The lowest BCUT2D eigenvalue weighted by Gasteiger charge is -2.01. The van der Waals surface area contributed by atoms with E-state index < -0.39 is 0 Å². The second-order valence-electron chi connectivity index (χ2n) is 2.63. The van der Waals surface area contributed by atoms with E-state index in [2.05, 4.69) is 26.8 Å². The highest BCUT2D eigenvalue weighted by Gasteiger charge is 1.91. The van der Waals surface area contributed by atoms with Crippen LogP contribution >= 0.6 is 0 Å². The first-order valence-electron chi connectivity index (χ1n) is 3.60. The molecule has 0 aromatic carbocycles. The van der Waals surface area contributed by atoms with E-state index in [1.807, 2.05) is 0 Å². The first kappa shape index (κ1) is 8.70. The van der Waals surface area contributed by atoms with Crippen LogP contribution in [0.4, 0.5) is 0 Å². The first-order valence-corrected chi connectivity index (χ1v) is 3.60. The van der Waals surface area contributed by atoms with Crippen LogP contribution in [0.25, 0.3) is 0 Å². The van der Waals surface area contributed by atoms with E-state index in [-0.39, 0.29) is 0 Å². The third-order valence-corrected chi connectivity index (χ3v) is 1.29. The van der Waals surface area contributed by atoms with E-state index in [4.69, 9.17) is 5.73 Å². The summed E-state index contributed by atoms with van der Waals surface area (Å²) < 4.78 is 0. The van der Waals surface area contributed by atoms with Crippen molar-refractivity contribution in [1.82, 2.24) is 0 Å². The maximum Gasteiger partial charge on any atom is 0.0136 e. The Balaban J connectivity index is 3.75. The van der Waals surface area contributed by atoms with Crippen LogP contribution in [0.5, 0.6) is 0 Å². The maximum atomic E-state index is 5.46. The van der Waals surface area contributed by atoms with Crippen molar-refractivity contribution in [2.45, 2.75) is 27.2 Å². The van der Waals surface area contributed by atoms with Crippen molar-refractivity contribution in [2.75, 3.05) is 6.54 Å². The Kier molecular flexibility index (Phi) is 4.41. The lowest BCUT2D eigenvalue weighted by molar-refractivity contribution is 0.805. The number of hydrogen-bond acceptors (Lipinski definition) is 1.